The second-order valence-electron chi connectivity index (χ2n) is 7.93. The minimum absolute atomic E-state index is 0.0418. The first-order chi connectivity index (χ1) is 15.5. The van der Waals surface area contributed by atoms with E-state index < -0.39 is 11.0 Å². The topological polar surface area (TPSA) is 120 Å². The van der Waals surface area contributed by atoms with Crippen molar-refractivity contribution in [3.63, 3.8) is 0 Å². The Morgan fingerprint density at radius 1 is 1.22 bits per heavy atom. The second kappa shape index (κ2) is 8.04. The highest BCUT2D eigenvalue weighted by Gasteiger charge is 2.42. The molecule has 1 N–H and O–H groups in total. The molecule has 3 aromatic rings. The molecule has 164 valence electrons. The van der Waals surface area contributed by atoms with Crippen LogP contribution in [0.5, 0.6) is 0 Å². The van der Waals surface area contributed by atoms with Crippen LogP contribution in [-0.4, -0.2) is 45.5 Å². The Morgan fingerprint density at radius 2 is 2.00 bits per heavy atom. The summed E-state index contributed by atoms with van der Waals surface area (Å²) in [4.78, 5) is 42.7. The number of nitrogens with one attached hydrogen (secondary N) is 1. The minimum atomic E-state index is -0.725. The first-order valence-electron chi connectivity index (χ1n) is 10.5. The Bertz CT molecular complexity index is 1200. The number of carbonyl (C=O) groups is 2. The Kier molecular flexibility index (Phi) is 5.06. The Hall–Kier alpha value is -3.79. The normalized spacial score (nSPS) is 20.0. The van der Waals surface area contributed by atoms with E-state index in [4.69, 9.17) is 4.74 Å². The highest BCUT2D eigenvalue weighted by atomic mass is 16.6. The number of imidazole rings is 1. The van der Waals surface area contributed by atoms with Gasteiger partial charge in [-0.3, -0.25) is 29.2 Å². The fourth-order valence-electron chi connectivity index (χ4n) is 4.31. The molecule has 3 heterocycles. The van der Waals surface area contributed by atoms with Gasteiger partial charge in [-0.05, 0) is 37.1 Å². The summed E-state index contributed by atoms with van der Waals surface area (Å²) in [5.41, 5.74) is 1.91. The molecule has 1 fully saturated rings. The first kappa shape index (κ1) is 20.1. The highest BCUT2D eigenvalue weighted by molar-refractivity contribution is 6.05. The van der Waals surface area contributed by atoms with Crippen LogP contribution in [0.1, 0.15) is 25.3 Å². The third-order valence-electron chi connectivity index (χ3n) is 5.83. The van der Waals surface area contributed by atoms with Gasteiger partial charge < -0.3 is 10.1 Å². The number of nitrogens with zero attached hydrogens (tertiary/aromatic N) is 4. The predicted molar refractivity (Wildman–Crippen MR) is 116 cm³/mol. The van der Waals surface area contributed by atoms with Crippen molar-refractivity contribution in [2.24, 2.45) is 0 Å². The van der Waals surface area contributed by atoms with Crippen molar-refractivity contribution < 1.29 is 19.2 Å². The summed E-state index contributed by atoms with van der Waals surface area (Å²) in [5.74, 6) is -0.0210. The van der Waals surface area contributed by atoms with Crippen molar-refractivity contribution in [2.45, 2.75) is 31.4 Å². The summed E-state index contributed by atoms with van der Waals surface area (Å²) in [6.07, 6.45) is 1.73. The van der Waals surface area contributed by atoms with Gasteiger partial charge in [0.2, 0.25) is 11.9 Å². The zero-order chi connectivity index (χ0) is 22.2. The number of ether oxygens (including phenoxy) is 1. The molecule has 2 aliphatic heterocycles. The van der Waals surface area contributed by atoms with Crippen LogP contribution in [0.25, 0.3) is 11.0 Å². The summed E-state index contributed by atoms with van der Waals surface area (Å²) < 4.78 is 7.54. The van der Waals surface area contributed by atoms with E-state index in [-0.39, 0.29) is 30.0 Å². The van der Waals surface area contributed by atoms with Crippen LogP contribution in [0.4, 0.5) is 17.3 Å². The molecular weight excluding hydrogens is 414 g/mol. The zero-order valence-corrected chi connectivity index (χ0v) is 17.1. The molecule has 1 saturated heterocycles. The van der Waals surface area contributed by atoms with Gasteiger partial charge in [-0.15, -0.1) is 0 Å². The maximum atomic E-state index is 13.3. The van der Waals surface area contributed by atoms with Gasteiger partial charge in [0.15, 0.2) is 0 Å². The summed E-state index contributed by atoms with van der Waals surface area (Å²) in [6.45, 7) is 1.09. The lowest BCUT2D eigenvalue weighted by molar-refractivity contribution is -0.384. The van der Waals surface area contributed by atoms with Gasteiger partial charge in [0.05, 0.1) is 35.0 Å². The van der Waals surface area contributed by atoms with E-state index in [1.807, 2.05) is 28.8 Å². The predicted octanol–water partition coefficient (Wildman–Crippen LogP) is 3.04. The lowest BCUT2D eigenvalue weighted by Gasteiger charge is -2.19. The number of hydrogen-bond acceptors (Lipinski definition) is 6. The number of amides is 2. The monoisotopic (exact) mass is 435 g/mol. The second-order valence-corrected chi connectivity index (χ2v) is 7.93. The number of hydrogen-bond donors (Lipinski definition) is 1. The molecular formula is C22H21N5O5. The molecule has 2 amide bonds. The molecule has 2 aromatic carbocycles. The summed E-state index contributed by atoms with van der Waals surface area (Å²) in [7, 11) is 0. The number of para-hydroxylation sites is 2. The largest absolute Gasteiger partial charge is 0.376 e. The molecule has 0 aliphatic carbocycles. The van der Waals surface area contributed by atoms with Crippen molar-refractivity contribution >= 4 is 40.2 Å². The molecule has 32 heavy (non-hydrogen) atoms. The summed E-state index contributed by atoms with van der Waals surface area (Å²) in [6, 6.07) is 12.4. The maximum Gasteiger partial charge on any atom is 0.269 e. The van der Waals surface area contributed by atoms with E-state index in [9.17, 15) is 19.7 Å². The number of fused-ring (bicyclic) bond motifs is 3. The van der Waals surface area contributed by atoms with Crippen molar-refractivity contribution in [1.82, 2.24) is 9.55 Å². The Morgan fingerprint density at radius 3 is 2.72 bits per heavy atom. The van der Waals surface area contributed by atoms with E-state index in [1.165, 1.54) is 24.3 Å². The number of nitro groups is 1. The van der Waals surface area contributed by atoms with Crippen LogP contribution >= 0.6 is 0 Å². The van der Waals surface area contributed by atoms with Crippen LogP contribution in [0, 0.1) is 10.1 Å². The van der Waals surface area contributed by atoms with Gasteiger partial charge in [0, 0.05) is 24.4 Å². The summed E-state index contributed by atoms with van der Waals surface area (Å²) in [5, 5.41) is 13.5. The van der Waals surface area contributed by atoms with E-state index in [2.05, 4.69) is 10.3 Å². The van der Waals surface area contributed by atoms with Crippen LogP contribution in [0.2, 0.25) is 0 Å². The average Bonchev–Trinajstić information content (AvgIpc) is 3.48. The molecule has 0 saturated carbocycles. The standard InChI is InChI=1S/C22H21N5O5/c28-20(23-14-7-9-15(10-8-14)27(30)31)12-19-21(29)25(13-16-4-3-11-32-16)22-24-17-5-1-2-6-18(17)26(19)22/h1-2,5-10,16,19H,3-4,11-13H2,(H,23,28)/t16-,19-/m1/s1. The van der Waals surface area contributed by atoms with Crippen molar-refractivity contribution in [3.05, 3.63) is 58.6 Å². The molecule has 5 rings (SSSR count). The Balaban J connectivity index is 1.40. The number of aromatic nitrogens is 2. The molecule has 10 heteroatoms. The number of rotatable bonds is 6. The summed E-state index contributed by atoms with van der Waals surface area (Å²) >= 11 is 0. The van der Waals surface area contributed by atoms with Gasteiger partial charge in [-0.2, -0.15) is 0 Å². The smallest absolute Gasteiger partial charge is 0.269 e. The number of non-ortho nitro benzene ring substituents is 1. The van der Waals surface area contributed by atoms with Crippen LogP contribution < -0.4 is 10.2 Å². The van der Waals surface area contributed by atoms with Crippen LogP contribution in [0.3, 0.4) is 0 Å². The van der Waals surface area contributed by atoms with Crippen molar-refractivity contribution in [2.75, 3.05) is 23.4 Å². The Labute approximate surface area is 182 Å². The number of benzene rings is 2. The van der Waals surface area contributed by atoms with Crippen LogP contribution in [-0.2, 0) is 14.3 Å². The molecule has 0 unspecified atom stereocenters. The zero-order valence-electron chi connectivity index (χ0n) is 17.1. The van der Waals surface area contributed by atoms with E-state index in [0.29, 0.717) is 24.8 Å². The van der Waals surface area contributed by atoms with Gasteiger partial charge in [-0.25, -0.2) is 4.98 Å². The lowest BCUT2D eigenvalue weighted by Crippen LogP contribution is -2.37. The molecule has 2 aliphatic rings. The number of carbonyl (C=O) groups excluding carboxylic acids is 2. The van der Waals surface area contributed by atoms with E-state index in [1.54, 1.807) is 4.90 Å². The molecule has 2 atom stereocenters. The van der Waals surface area contributed by atoms with Crippen molar-refractivity contribution in [1.29, 1.82) is 0 Å². The van der Waals surface area contributed by atoms with E-state index in [0.717, 1.165) is 23.9 Å². The van der Waals surface area contributed by atoms with Gasteiger partial charge in [0.25, 0.3) is 11.6 Å². The third-order valence-corrected chi connectivity index (χ3v) is 5.83. The minimum Gasteiger partial charge on any atom is -0.376 e. The van der Waals surface area contributed by atoms with Crippen LogP contribution in [0.15, 0.2) is 48.5 Å². The number of anilines is 2. The fraction of sp³-hybridized carbons (Fsp3) is 0.318. The molecule has 10 nitrogen and oxygen atoms in total. The molecule has 0 spiro atoms. The highest BCUT2D eigenvalue weighted by Crippen LogP contribution is 2.37. The molecule has 1 aromatic heterocycles. The molecule has 0 bridgehead atoms. The third kappa shape index (κ3) is 3.58. The average molecular weight is 435 g/mol. The van der Waals surface area contributed by atoms with E-state index >= 15 is 0 Å². The molecule has 0 radical (unpaired) electrons. The maximum absolute atomic E-state index is 13.3. The number of nitro benzene ring substituents is 1. The van der Waals surface area contributed by atoms with Gasteiger partial charge in [-0.1, -0.05) is 12.1 Å². The van der Waals surface area contributed by atoms with Crippen molar-refractivity contribution in [3.8, 4) is 0 Å². The van der Waals surface area contributed by atoms with Gasteiger partial charge >= 0.3 is 0 Å². The first-order valence-corrected chi connectivity index (χ1v) is 10.5. The quantitative estimate of drug-likeness (QED) is 0.469. The van der Waals surface area contributed by atoms with Gasteiger partial charge in [0.1, 0.15) is 6.04 Å². The fourth-order valence-corrected chi connectivity index (χ4v) is 4.31. The lowest BCUT2D eigenvalue weighted by atomic mass is 10.1. The SMILES string of the molecule is O=C(C[C@@H]1C(=O)N(C[C@H]2CCCO2)c2nc3ccccc3n21)Nc1ccc([N+](=O)[O-])cc1.